The van der Waals surface area contributed by atoms with Crippen molar-refractivity contribution < 1.29 is 9.47 Å². The van der Waals surface area contributed by atoms with Gasteiger partial charge in [0, 0.05) is 11.3 Å². The van der Waals surface area contributed by atoms with Crippen LogP contribution in [0.1, 0.15) is 24.8 Å². The Balaban J connectivity index is 1.92. The van der Waals surface area contributed by atoms with Gasteiger partial charge in [-0.3, -0.25) is 5.32 Å². The highest BCUT2D eigenvalue weighted by atomic mass is 35.5. The summed E-state index contributed by atoms with van der Waals surface area (Å²) in [6.45, 7) is 4.67. The first-order valence-corrected chi connectivity index (χ1v) is 6.96. The molecule has 0 aliphatic carbocycles. The van der Waals surface area contributed by atoms with E-state index in [9.17, 15) is 0 Å². The van der Waals surface area contributed by atoms with Crippen LogP contribution >= 0.6 is 23.4 Å². The molecule has 1 fully saturated rings. The third-order valence-electron chi connectivity index (χ3n) is 2.88. The van der Waals surface area contributed by atoms with Gasteiger partial charge in [-0.05, 0) is 31.5 Å². The molecule has 2 aliphatic heterocycles. The molecule has 1 aromatic rings. The van der Waals surface area contributed by atoms with Crippen molar-refractivity contribution in [1.29, 1.82) is 0 Å². The fraction of sp³-hybridized carbons (Fsp3) is 0.500. The molecule has 3 rings (SSSR count). The van der Waals surface area contributed by atoms with E-state index < -0.39 is 0 Å². The van der Waals surface area contributed by atoms with Gasteiger partial charge in [0.15, 0.2) is 11.5 Å². The fourth-order valence-corrected chi connectivity index (χ4v) is 3.72. The van der Waals surface area contributed by atoms with Crippen LogP contribution in [0, 0.1) is 0 Å². The van der Waals surface area contributed by atoms with Gasteiger partial charge in [-0.25, -0.2) is 0 Å². The van der Waals surface area contributed by atoms with E-state index in [-0.39, 0.29) is 17.7 Å². The number of benzene rings is 1. The second kappa shape index (κ2) is 3.97. The quantitative estimate of drug-likeness (QED) is 0.850. The van der Waals surface area contributed by atoms with Crippen LogP contribution in [0.4, 0.5) is 0 Å². The molecule has 92 valence electrons. The van der Waals surface area contributed by atoms with Crippen LogP contribution in [0.2, 0.25) is 5.02 Å². The molecule has 0 spiro atoms. The summed E-state index contributed by atoms with van der Waals surface area (Å²) in [6, 6.07) is 3.97. The normalized spacial score (nSPS) is 25.2. The summed E-state index contributed by atoms with van der Waals surface area (Å²) < 4.78 is 10.7. The van der Waals surface area contributed by atoms with Crippen LogP contribution in [0.15, 0.2) is 12.1 Å². The maximum atomic E-state index is 6.18. The van der Waals surface area contributed by atoms with Crippen LogP contribution in [-0.2, 0) is 0 Å². The molecule has 17 heavy (non-hydrogen) atoms. The van der Waals surface area contributed by atoms with Gasteiger partial charge in [-0.2, -0.15) is 0 Å². The number of rotatable bonds is 1. The molecule has 1 atom stereocenters. The van der Waals surface area contributed by atoms with E-state index >= 15 is 0 Å². The molecule has 1 aromatic carbocycles. The van der Waals surface area contributed by atoms with Gasteiger partial charge in [-0.15, -0.1) is 11.8 Å². The Morgan fingerprint density at radius 2 is 2.24 bits per heavy atom. The van der Waals surface area contributed by atoms with Crippen molar-refractivity contribution in [3.63, 3.8) is 0 Å². The number of hydrogen-bond acceptors (Lipinski definition) is 4. The lowest BCUT2D eigenvalue weighted by molar-refractivity contribution is 0.174. The standard InChI is InChI=1S/C12H14ClNO2S/c1-12(2)5-17-11(14-12)7-3-8(13)10-9(4-7)15-6-16-10/h3-4,11,14H,5-6H2,1-2H3. The van der Waals surface area contributed by atoms with Crippen molar-refractivity contribution in [3.8, 4) is 11.5 Å². The van der Waals surface area contributed by atoms with Crippen molar-refractivity contribution >= 4 is 23.4 Å². The largest absolute Gasteiger partial charge is 0.454 e. The number of thioether (sulfide) groups is 1. The summed E-state index contributed by atoms with van der Waals surface area (Å²) in [7, 11) is 0. The van der Waals surface area contributed by atoms with Crippen molar-refractivity contribution in [2.45, 2.75) is 24.8 Å². The minimum Gasteiger partial charge on any atom is -0.454 e. The molecule has 2 heterocycles. The smallest absolute Gasteiger partial charge is 0.231 e. The highest BCUT2D eigenvalue weighted by Crippen LogP contribution is 2.45. The zero-order chi connectivity index (χ0) is 12.0. The molecular weight excluding hydrogens is 258 g/mol. The molecule has 5 heteroatoms. The Labute approximate surface area is 110 Å². The second-order valence-electron chi connectivity index (χ2n) is 4.96. The molecular formula is C12H14ClNO2S. The summed E-state index contributed by atoms with van der Waals surface area (Å²) in [6.07, 6.45) is 0. The Morgan fingerprint density at radius 3 is 2.94 bits per heavy atom. The van der Waals surface area contributed by atoms with Crippen molar-refractivity contribution in [2.24, 2.45) is 0 Å². The molecule has 0 aromatic heterocycles. The molecule has 2 aliphatic rings. The number of halogens is 1. The van der Waals surface area contributed by atoms with Gasteiger partial charge in [-0.1, -0.05) is 11.6 Å². The first-order chi connectivity index (χ1) is 8.05. The minimum atomic E-state index is 0.165. The third kappa shape index (κ3) is 2.09. The van der Waals surface area contributed by atoms with Crippen LogP contribution in [0.25, 0.3) is 0 Å². The monoisotopic (exact) mass is 271 g/mol. The zero-order valence-electron chi connectivity index (χ0n) is 9.75. The molecule has 0 radical (unpaired) electrons. The van der Waals surface area contributed by atoms with Crippen LogP contribution in [-0.4, -0.2) is 18.1 Å². The molecule has 0 amide bonds. The summed E-state index contributed by atoms with van der Waals surface area (Å²) in [4.78, 5) is 0. The fourth-order valence-electron chi connectivity index (χ4n) is 2.05. The summed E-state index contributed by atoms with van der Waals surface area (Å²) >= 11 is 8.07. The Bertz CT molecular complexity index is 464. The molecule has 1 N–H and O–H groups in total. The van der Waals surface area contributed by atoms with Crippen molar-refractivity contribution in [1.82, 2.24) is 5.32 Å². The Hall–Kier alpha value is -0.580. The van der Waals surface area contributed by atoms with Gasteiger partial charge in [0.25, 0.3) is 0 Å². The van der Waals surface area contributed by atoms with Gasteiger partial charge < -0.3 is 9.47 Å². The van der Waals surface area contributed by atoms with Crippen LogP contribution in [0.3, 0.4) is 0 Å². The first kappa shape index (κ1) is 11.5. The zero-order valence-corrected chi connectivity index (χ0v) is 11.3. The van der Waals surface area contributed by atoms with Gasteiger partial charge in [0.2, 0.25) is 6.79 Å². The summed E-state index contributed by atoms with van der Waals surface area (Å²) in [5.74, 6) is 2.50. The topological polar surface area (TPSA) is 30.5 Å². The second-order valence-corrected chi connectivity index (χ2v) is 6.46. The average Bonchev–Trinajstić information content (AvgIpc) is 2.84. The van der Waals surface area contributed by atoms with Crippen molar-refractivity contribution in [3.05, 3.63) is 22.7 Å². The van der Waals surface area contributed by atoms with Gasteiger partial charge >= 0.3 is 0 Å². The lowest BCUT2D eigenvalue weighted by Gasteiger charge is -2.19. The molecule has 0 saturated carbocycles. The number of ether oxygens (including phenoxy) is 2. The predicted molar refractivity (Wildman–Crippen MR) is 70.0 cm³/mol. The molecule has 1 unspecified atom stereocenters. The van der Waals surface area contributed by atoms with Gasteiger partial charge in [0.1, 0.15) is 0 Å². The summed E-state index contributed by atoms with van der Waals surface area (Å²) in [5.41, 5.74) is 1.31. The predicted octanol–water partition coefficient (Wildman–Crippen LogP) is 3.18. The Kier molecular flexibility index (Phi) is 2.69. The molecule has 1 saturated heterocycles. The number of fused-ring (bicyclic) bond motifs is 1. The minimum absolute atomic E-state index is 0.165. The number of hydrogen-bond donors (Lipinski definition) is 1. The SMILES string of the molecule is CC1(C)CSC(c2cc(Cl)c3c(c2)OCO3)N1. The van der Waals surface area contributed by atoms with Crippen LogP contribution in [0.5, 0.6) is 11.5 Å². The van der Waals surface area contributed by atoms with E-state index in [2.05, 4.69) is 19.2 Å². The van der Waals surface area contributed by atoms with E-state index in [0.29, 0.717) is 10.8 Å². The highest BCUT2D eigenvalue weighted by Gasteiger charge is 2.32. The third-order valence-corrected chi connectivity index (χ3v) is 4.78. The molecule has 0 bridgehead atoms. The van der Waals surface area contributed by atoms with Gasteiger partial charge in [0.05, 0.1) is 10.4 Å². The maximum Gasteiger partial charge on any atom is 0.231 e. The Morgan fingerprint density at radius 1 is 1.41 bits per heavy atom. The lowest BCUT2D eigenvalue weighted by atomic mass is 10.1. The first-order valence-electron chi connectivity index (χ1n) is 5.53. The van der Waals surface area contributed by atoms with Crippen molar-refractivity contribution in [2.75, 3.05) is 12.5 Å². The average molecular weight is 272 g/mol. The van der Waals surface area contributed by atoms with Crippen LogP contribution < -0.4 is 14.8 Å². The maximum absolute atomic E-state index is 6.18. The van der Waals surface area contributed by atoms with E-state index in [4.69, 9.17) is 21.1 Å². The van der Waals surface area contributed by atoms with E-state index in [1.54, 1.807) is 0 Å². The lowest BCUT2D eigenvalue weighted by Crippen LogP contribution is -2.35. The van der Waals surface area contributed by atoms with E-state index in [1.165, 1.54) is 0 Å². The summed E-state index contributed by atoms with van der Waals surface area (Å²) in [5, 5.41) is 4.47. The van der Waals surface area contributed by atoms with E-state index in [0.717, 1.165) is 17.1 Å². The number of nitrogens with one attached hydrogen (secondary N) is 1. The highest BCUT2D eigenvalue weighted by molar-refractivity contribution is 7.99. The van der Waals surface area contributed by atoms with E-state index in [1.807, 2.05) is 23.9 Å². The molecule has 3 nitrogen and oxygen atoms in total.